The fraction of sp³-hybridized carbons (Fsp3) is 0.286. The Labute approximate surface area is 110 Å². The van der Waals surface area contributed by atoms with Crippen molar-refractivity contribution in [1.29, 1.82) is 0 Å². The van der Waals surface area contributed by atoms with E-state index in [4.69, 9.17) is 9.25 Å². The first-order valence-corrected chi connectivity index (χ1v) is 6.10. The minimum Gasteiger partial charge on any atom is -0.423 e. The Morgan fingerprint density at radius 3 is 2.89 bits per heavy atom. The van der Waals surface area contributed by atoms with Crippen molar-refractivity contribution in [3.05, 3.63) is 40.2 Å². The molecule has 0 unspecified atom stereocenters. The molecule has 2 aromatic rings. The summed E-state index contributed by atoms with van der Waals surface area (Å²) in [5.74, 6) is -0.326. The second-order valence-corrected chi connectivity index (χ2v) is 4.29. The Hall–Kier alpha value is -2.30. The van der Waals surface area contributed by atoms with Crippen LogP contribution >= 0.6 is 0 Å². The molecule has 0 spiro atoms. The van der Waals surface area contributed by atoms with Crippen LogP contribution in [-0.2, 0) is 9.63 Å². The summed E-state index contributed by atoms with van der Waals surface area (Å²) in [6.45, 7) is 3.74. The molecule has 2 rings (SSSR count). The van der Waals surface area contributed by atoms with Crippen LogP contribution in [0.3, 0.4) is 0 Å². The SMILES string of the molecule is CCCC(=O)ONc1ccc2c(C)cc(=O)oc2c1. The Morgan fingerprint density at radius 1 is 1.37 bits per heavy atom. The highest BCUT2D eigenvalue weighted by molar-refractivity contribution is 5.83. The normalized spacial score (nSPS) is 10.4. The molecule has 0 amide bonds. The van der Waals surface area contributed by atoms with E-state index >= 15 is 0 Å². The Morgan fingerprint density at radius 2 is 2.16 bits per heavy atom. The molecule has 0 saturated heterocycles. The number of hydrogen-bond acceptors (Lipinski definition) is 5. The fourth-order valence-corrected chi connectivity index (χ4v) is 1.76. The van der Waals surface area contributed by atoms with E-state index in [1.165, 1.54) is 6.07 Å². The van der Waals surface area contributed by atoms with E-state index in [0.717, 1.165) is 17.4 Å². The first-order chi connectivity index (χ1) is 9.10. The number of aryl methyl sites for hydroxylation is 1. The minimum absolute atomic E-state index is 0.326. The van der Waals surface area contributed by atoms with Crippen LogP contribution in [0.25, 0.3) is 11.0 Å². The maximum Gasteiger partial charge on any atom is 0.336 e. The Kier molecular flexibility index (Phi) is 3.85. The van der Waals surface area contributed by atoms with Gasteiger partial charge < -0.3 is 9.25 Å². The lowest BCUT2D eigenvalue weighted by molar-refractivity contribution is -0.140. The third-order valence-electron chi connectivity index (χ3n) is 2.69. The van der Waals surface area contributed by atoms with E-state index in [1.54, 1.807) is 12.1 Å². The van der Waals surface area contributed by atoms with Crippen molar-refractivity contribution in [1.82, 2.24) is 0 Å². The molecule has 19 heavy (non-hydrogen) atoms. The summed E-state index contributed by atoms with van der Waals surface area (Å²) in [5, 5.41) is 0.852. The van der Waals surface area contributed by atoms with Crippen LogP contribution in [0.2, 0.25) is 0 Å². The molecule has 5 nitrogen and oxygen atoms in total. The summed E-state index contributed by atoms with van der Waals surface area (Å²) in [4.78, 5) is 27.4. The average Bonchev–Trinajstić information content (AvgIpc) is 2.36. The molecule has 0 saturated carbocycles. The van der Waals surface area contributed by atoms with Crippen molar-refractivity contribution in [2.45, 2.75) is 26.7 Å². The van der Waals surface area contributed by atoms with Crippen LogP contribution in [0.4, 0.5) is 5.69 Å². The summed E-state index contributed by atoms with van der Waals surface area (Å²) in [7, 11) is 0. The van der Waals surface area contributed by atoms with Gasteiger partial charge in [-0.25, -0.2) is 15.1 Å². The van der Waals surface area contributed by atoms with Crippen LogP contribution in [0.5, 0.6) is 0 Å². The molecular formula is C14H15NO4. The summed E-state index contributed by atoms with van der Waals surface area (Å²) in [5.41, 5.74) is 4.02. The van der Waals surface area contributed by atoms with Crippen LogP contribution in [0.1, 0.15) is 25.3 Å². The second-order valence-electron chi connectivity index (χ2n) is 4.29. The van der Waals surface area contributed by atoms with Gasteiger partial charge in [0.2, 0.25) is 0 Å². The first-order valence-electron chi connectivity index (χ1n) is 6.10. The summed E-state index contributed by atoms with van der Waals surface area (Å²) >= 11 is 0. The number of fused-ring (bicyclic) bond motifs is 1. The largest absolute Gasteiger partial charge is 0.423 e. The van der Waals surface area contributed by atoms with Crippen molar-refractivity contribution in [2.75, 3.05) is 5.48 Å². The number of nitrogens with one attached hydrogen (secondary N) is 1. The van der Waals surface area contributed by atoms with Gasteiger partial charge in [-0.1, -0.05) is 6.92 Å². The summed E-state index contributed by atoms with van der Waals surface area (Å²) in [6.07, 6.45) is 1.08. The molecule has 0 radical (unpaired) electrons. The molecule has 0 bridgehead atoms. The maximum absolute atomic E-state index is 11.3. The van der Waals surface area contributed by atoms with E-state index < -0.39 is 5.63 Å². The third-order valence-corrected chi connectivity index (χ3v) is 2.69. The lowest BCUT2D eigenvalue weighted by Crippen LogP contribution is -2.09. The molecule has 1 heterocycles. The number of anilines is 1. The lowest BCUT2D eigenvalue weighted by atomic mass is 10.1. The molecule has 1 aromatic carbocycles. The molecule has 100 valence electrons. The lowest BCUT2D eigenvalue weighted by Gasteiger charge is -2.07. The van der Waals surface area contributed by atoms with Crippen LogP contribution in [0, 0.1) is 6.92 Å². The van der Waals surface area contributed by atoms with Gasteiger partial charge in [0.1, 0.15) is 5.58 Å². The highest BCUT2D eigenvalue weighted by Gasteiger charge is 2.05. The molecule has 0 fully saturated rings. The zero-order valence-corrected chi connectivity index (χ0v) is 10.9. The van der Waals surface area contributed by atoms with Crippen LogP contribution in [-0.4, -0.2) is 5.97 Å². The Balaban J connectivity index is 2.22. The van der Waals surface area contributed by atoms with Gasteiger partial charge in [-0.3, -0.25) is 0 Å². The summed E-state index contributed by atoms with van der Waals surface area (Å²) < 4.78 is 5.10. The molecule has 0 atom stereocenters. The van der Waals surface area contributed by atoms with Crippen molar-refractivity contribution in [2.24, 2.45) is 0 Å². The average molecular weight is 261 g/mol. The fourth-order valence-electron chi connectivity index (χ4n) is 1.76. The van der Waals surface area contributed by atoms with E-state index in [9.17, 15) is 9.59 Å². The van der Waals surface area contributed by atoms with Gasteiger partial charge in [0.25, 0.3) is 0 Å². The molecule has 0 aliphatic heterocycles. The molecular weight excluding hydrogens is 246 g/mol. The first kappa shape index (κ1) is 13.1. The Bertz CT molecular complexity index is 660. The third kappa shape index (κ3) is 3.13. The highest BCUT2D eigenvalue weighted by Crippen LogP contribution is 2.20. The standard InChI is InChI=1S/C14H15NO4/c1-3-4-13(16)19-15-10-5-6-11-9(2)7-14(17)18-12(11)8-10/h5-8,15H,3-4H2,1-2H3. The van der Waals surface area contributed by atoms with E-state index in [0.29, 0.717) is 17.7 Å². The van der Waals surface area contributed by atoms with Crippen molar-refractivity contribution < 1.29 is 14.0 Å². The highest BCUT2D eigenvalue weighted by atomic mass is 16.7. The van der Waals surface area contributed by atoms with Crippen molar-refractivity contribution in [3.8, 4) is 0 Å². The van der Waals surface area contributed by atoms with Gasteiger partial charge in [0.15, 0.2) is 0 Å². The van der Waals surface area contributed by atoms with E-state index in [-0.39, 0.29) is 5.97 Å². The quantitative estimate of drug-likeness (QED) is 0.677. The number of carbonyl (C=O) groups is 1. The van der Waals surface area contributed by atoms with Crippen LogP contribution < -0.4 is 11.1 Å². The number of benzene rings is 1. The zero-order chi connectivity index (χ0) is 13.8. The predicted octanol–water partition coefficient (Wildman–Crippen LogP) is 2.77. The topological polar surface area (TPSA) is 68.5 Å². The van der Waals surface area contributed by atoms with Gasteiger partial charge in [0.05, 0.1) is 5.69 Å². The van der Waals surface area contributed by atoms with Gasteiger partial charge in [-0.2, -0.15) is 0 Å². The zero-order valence-electron chi connectivity index (χ0n) is 10.9. The van der Waals surface area contributed by atoms with Crippen molar-refractivity contribution >= 4 is 22.6 Å². The predicted molar refractivity (Wildman–Crippen MR) is 71.8 cm³/mol. The minimum atomic E-state index is -0.398. The van der Waals surface area contributed by atoms with Crippen molar-refractivity contribution in [3.63, 3.8) is 0 Å². The summed E-state index contributed by atoms with van der Waals surface area (Å²) in [6, 6.07) is 6.64. The van der Waals surface area contributed by atoms with E-state index in [1.807, 2.05) is 19.9 Å². The van der Waals surface area contributed by atoms with Gasteiger partial charge >= 0.3 is 11.6 Å². The second kappa shape index (κ2) is 5.56. The smallest absolute Gasteiger partial charge is 0.336 e. The van der Waals surface area contributed by atoms with Crippen LogP contribution in [0.15, 0.2) is 33.5 Å². The molecule has 5 heteroatoms. The monoisotopic (exact) mass is 261 g/mol. The number of rotatable bonds is 4. The van der Waals surface area contributed by atoms with E-state index in [2.05, 4.69) is 5.48 Å². The molecule has 1 N–H and O–H groups in total. The number of hydrogen-bond donors (Lipinski definition) is 1. The maximum atomic E-state index is 11.3. The number of carbonyl (C=O) groups excluding carboxylic acids is 1. The van der Waals surface area contributed by atoms with Gasteiger partial charge in [0, 0.05) is 23.9 Å². The molecule has 1 aromatic heterocycles. The van der Waals surface area contributed by atoms with Gasteiger partial charge in [-0.05, 0) is 31.0 Å². The van der Waals surface area contributed by atoms with Gasteiger partial charge in [-0.15, -0.1) is 0 Å². The molecule has 0 aliphatic rings. The molecule has 0 aliphatic carbocycles.